The first-order chi connectivity index (χ1) is 10.1. The number of hydrogen-bond donors (Lipinski definition) is 1. The molecule has 110 valence electrons. The topological polar surface area (TPSA) is 24.4 Å². The molecule has 0 fully saturated rings. The monoisotopic (exact) mass is 280 g/mol. The largest absolute Gasteiger partial charge is 0.390 e. The Hall–Kier alpha value is -2.09. The SMILES string of the molecule is CN/C(C)=C(\N=C1CC(C)=CC=C1C)C1=CC=CCC=C1. The van der Waals surface area contributed by atoms with Gasteiger partial charge in [0.15, 0.2) is 0 Å². The Kier molecular flexibility index (Phi) is 5.15. The number of nitrogens with zero attached hydrogens (tertiary/aromatic N) is 1. The Morgan fingerprint density at radius 3 is 2.71 bits per heavy atom. The summed E-state index contributed by atoms with van der Waals surface area (Å²) in [7, 11) is 1.95. The molecule has 0 atom stereocenters. The van der Waals surface area contributed by atoms with E-state index in [4.69, 9.17) is 4.99 Å². The fraction of sp³-hybridized carbons (Fsp3) is 0.316. The van der Waals surface area contributed by atoms with Crippen molar-refractivity contribution in [3.63, 3.8) is 0 Å². The predicted molar refractivity (Wildman–Crippen MR) is 92.3 cm³/mol. The van der Waals surface area contributed by atoms with E-state index in [0.29, 0.717) is 0 Å². The van der Waals surface area contributed by atoms with E-state index in [2.05, 4.69) is 68.6 Å². The number of aliphatic imine (C=N–C) groups is 1. The van der Waals surface area contributed by atoms with Crippen molar-refractivity contribution in [1.82, 2.24) is 5.32 Å². The van der Waals surface area contributed by atoms with E-state index in [1.807, 2.05) is 7.05 Å². The molecule has 2 nitrogen and oxygen atoms in total. The molecule has 21 heavy (non-hydrogen) atoms. The van der Waals surface area contributed by atoms with Crippen molar-refractivity contribution in [3.05, 3.63) is 70.6 Å². The van der Waals surface area contributed by atoms with Crippen molar-refractivity contribution in [1.29, 1.82) is 0 Å². The highest BCUT2D eigenvalue weighted by atomic mass is 14.9. The highest BCUT2D eigenvalue weighted by molar-refractivity contribution is 6.03. The van der Waals surface area contributed by atoms with Crippen LogP contribution in [0.3, 0.4) is 0 Å². The van der Waals surface area contributed by atoms with Crippen LogP contribution in [0.5, 0.6) is 0 Å². The van der Waals surface area contributed by atoms with Crippen LogP contribution in [-0.2, 0) is 0 Å². The van der Waals surface area contributed by atoms with Gasteiger partial charge in [0.25, 0.3) is 0 Å². The fourth-order valence-electron chi connectivity index (χ4n) is 2.31. The maximum atomic E-state index is 4.97. The molecule has 0 aliphatic heterocycles. The Morgan fingerprint density at radius 2 is 1.95 bits per heavy atom. The van der Waals surface area contributed by atoms with E-state index in [1.165, 1.54) is 11.1 Å². The van der Waals surface area contributed by atoms with E-state index in [9.17, 15) is 0 Å². The molecular formula is C19H24N2. The lowest BCUT2D eigenvalue weighted by Crippen LogP contribution is -2.10. The van der Waals surface area contributed by atoms with Gasteiger partial charge in [-0.2, -0.15) is 0 Å². The van der Waals surface area contributed by atoms with E-state index < -0.39 is 0 Å². The zero-order chi connectivity index (χ0) is 15.2. The molecule has 0 aromatic heterocycles. The van der Waals surface area contributed by atoms with Crippen LogP contribution in [0, 0.1) is 0 Å². The second kappa shape index (κ2) is 7.07. The van der Waals surface area contributed by atoms with Crippen LogP contribution < -0.4 is 5.32 Å². The average Bonchev–Trinajstić information content (AvgIpc) is 2.76. The second-order valence-corrected chi connectivity index (χ2v) is 5.51. The smallest absolute Gasteiger partial charge is 0.0891 e. The summed E-state index contributed by atoms with van der Waals surface area (Å²) in [6.07, 6.45) is 17.0. The van der Waals surface area contributed by atoms with Crippen LogP contribution in [-0.4, -0.2) is 12.8 Å². The van der Waals surface area contributed by atoms with Gasteiger partial charge < -0.3 is 5.32 Å². The molecule has 2 heteroatoms. The molecule has 0 heterocycles. The van der Waals surface area contributed by atoms with Gasteiger partial charge >= 0.3 is 0 Å². The van der Waals surface area contributed by atoms with Gasteiger partial charge in [0, 0.05) is 30.5 Å². The van der Waals surface area contributed by atoms with Crippen LogP contribution in [0.1, 0.15) is 33.6 Å². The van der Waals surface area contributed by atoms with Gasteiger partial charge in [0.1, 0.15) is 0 Å². The molecule has 0 saturated carbocycles. The highest BCUT2D eigenvalue weighted by Gasteiger charge is 2.12. The maximum Gasteiger partial charge on any atom is 0.0891 e. The molecule has 0 bridgehead atoms. The minimum atomic E-state index is 0.926. The lowest BCUT2D eigenvalue weighted by molar-refractivity contribution is 0.955. The molecular weight excluding hydrogens is 256 g/mol. The third kappa shape index (κ3) is 3.94. The molecule has 0 radical (unpaired) electrons. The summed E-state index contributed by atoms with van der Waals surface area (Å²) in [5.74, 6) is 0. The third-order valence-electron chi connectivity index (χ3n) is 3.75. The lowest BCUT2D eigenvalue weighted by atomic mass is 9.98. The van der Waals surface area contributed by atoms with E-state index in [-0.39, 0.29) is 0 Å². The molecule has 2 aliphatic rings. The minimum absolute atomic E-state index is 0.926. The van der Waals surface area contributed by atoms with Crippen molar-refractivity contribution in [2.75, 3.05) is 7.05 Å². The normalized spacial score (nSPS) is 21.3. The van der Waals surface area contributed by atoms with E-state index in [1.54, 1.807) is 0 Å². The average molecular weight is 280 g/mol. The number of allylic oxidation sites excluding steroid dienone is 10. The summed E-state index contributed by atoms with van der Waals surface area (Å²) in [6.45, 7) is 6.36. The van der Waals surface area contributed by atoms with Gasteiger partial charge in [-0.1, -0.05) is 48.1 Å². The van der Waals surface area contributed by atoms with Crippen LogP contribution in [0.2, 0.25) is 0 Å². The molecule has 0 spiro atoms. The highest BCUT2D eigenvalue weighted by Crippen LogP contribution is 2.23. The van der Waals surface area contributed by atoms with Crippen molar-refractivity contribution in [2.45, 2.75) is 33.6 Å². The predicted octanol–water partition coefficient (Wildman–Crippen LogP) is 4.62. The second-order valence-electron chi connectivity index (χ2n) is 5.51. The summed E-state index contributed by atoms with van der Waals surface area (Å²) in [4.78, 5) is 4.97. The van der Waals surface area contributed by atoms with Crippen LogP contribution >= 0.6 is 0 Å². The van der Waals surface area contributed by atoms with Crippen LogP contribution in [0.15, 0.2) is 75.6 Å². The Labute approximate surface area is 128 Å². The molecule has 0 saturated heterocycles. The molecule has 0 unspecified atom stereocenters. The Bertz CT molecular complexity index is 620. The number of hydrogen-bond acceptors (Lipinski definition) is 2. The standard InChI is InChI=1S/C19H24N2/c1-14-11-12-15(2)18(13-14)21-19(16(3)20-4)17-9-7-5-6-8-10-17/h5,7-12,20H,6,13H2,1-4H3/b19-16-,21-18?. The van der Waals surface area contributed by atoms with Crippen LogP contribution in [0.25, 0.3) is 0 Å². The lowest BCUT2D eigenvalue weighted by Gasteiger charge is -2.15. The first-order valence-corrected chi connectivity index (χ1v) is 7.46. The molecule has 0 aromatic rings. The summed E-state index contributed by atoms with van der Waals surface area (Å²) in [6, 6.07) is 0. The Morgan fingerprint density at radius 1 is 1.14 bits per heavy atom. The van der Waals surface area contributed by atoms with Crippen molar-refractivity contribution >= 4 is 5.71 Å². The molecule has 0 aromatic carbocycles. The van der Waals surface area contributed by atoms with Crippen molar-refractivity contribution in [3.8, 4) is 0 Å². The number of nitrogens with one attached hydrogen (secondary N) is 1. The van der Waals surface area contributed by atoms with Gasteiger partial charge in [-0.05, 0) is 32.8 Å². The maximum absolute atomic E-state index is 4.97. The quantitative estimate of drug-likeness (QED) is 0.801. The van der Waals surface area contributed by atoms with Gasteiger partial charge in [0.2, 0.25) is 0 Å². The first-order valence-electron chi connectivity index (χ1n) is 7.46. The third-order valence-corrected chi connectivity index (χ3v) is 3.75. The van der Waals surface area contributed by atoms with Gasteiger partial charge in [0.05, 0.1) is 5.70 Å². The van der Waals surface area contributed by atoms with E-state index >= 15 is 0 Å². The van der Waals surface area contributed by atoms with Crippen molar-refractivity contribution in [2.24, 2.45) is 4.99 Å². The fourth-order valence-corrected chi connectivity index (χ4v) is 2.31. The summed E-state index contributed by atoms with van der Waals surface area (Å²) >= 11 is 0. The molecule has 2 aliphatic carbocycles. The zero-order valence-electron chi connectivity index (χ0n) is 13.4. The summed E-state index contributed by atoms with van der Waals surface area (Å²) in [5, 5.41) is 3.24. The zero-order valence-corrected chi connectivity index (χ0v) is 13.4. The van der Waals surface area contributed by atoms with Gasteiger partial charge in [-0.15, -0.1) is 0 Å². The molecule has 1 N–H and O–H groups in total. The summed E-state index contributed by atoms with van der Waals surface area (Å²) in [5.41, 5.74) is 7.03. The Balaban J connectivity index is 2.44. The minimum Gasteiger partial charge on any atom is -0.390 e. The van der Waals surface area contributed by atoms with Crippen molar-refractivity contribution < 1.29 is 0 Å². The van der Waals surface area contributed by atoms with Gasteiger partial charge in [-0.25, -0.2) is 0 Å². The van der Waals surface area contributed by atoms with Gasteiger partial charge in [-0.3, -0.25) is 4.99 Å². The first kappa shape index (κ1) is 15.3. The number of rotatable bonds is 3. The molecule has 0 amide bonds. The van der Waals surface area contributed by atoms with E-state index in [0.717, 1.165) is 35.5 Å². The summed E-state index contributed by atoms with van der Waals surface area (Å²) < 4.78 is 0. The van der Waals surface area contributed by atoms with Crippen LogP contribution in [0.4, 0.5) is 0 Å². The molecule has 2 rings (SSSR count).